The normalized spacial score (nSPS) is 21.8. The molecule has 210 valence electrons. The zero-order valence-electron chi connectivity index (χ0n) is 23.9. The van der Waals surface area contributed by atoms with E-state index in [1.165, 1.54) is 6.07 Å². The second kappa shape index (κ2) is 12.7. The quantitative estimate of drug-likeness (QED) is 0.372. The summed E-state index contributed by atoms with van der Waals surface area (Å²) in [6.45, 7) is 8.82. The summed E-state index contributed by atoms with van der Waals surface area (Å²) in [5.41, 5.74) is 5.81. The van der Waals surface area contributed by atoms with Crippen LogP contribution in [0.2, 0.25) is 0 Å². The molecular formula is C34H40FN3O2. The number of carbonyl (C=O) groups is 1. The number of hydrogen-bond acceptors (Lipinski definition) is 5. The zero-order valence-corrected chi connectivity index (χ0v) is 23.9. The Kier molecular flexibility index (Phi) is 8.83. The molecule has 0 radical (unpaired) electrons. The molecule has 3 aliphatic heterocycles. The van der Waals surface area contributed by atoms with Crippen LogP contribution in [-0.4, -0.2) is 47.5 Å². The molecule has 0 aliphatic carbocycles. The molecule has 0 spiro atoms. The van der Waals surface area contributed by atoms with Crippen LogP contribution >= 0.6 is 0 Å². The number of halogens is 1. The fourth-order valence-electron chi connectivity index (χ4n) is 5.72. The van der Waals surface area contributed by atoms with Gasteiger partial charge in [0.25, 0.3) is 0 Å². The van der Waals surface area contributed by atoms with E-state index in [0.717, 1.165) is 72.8 Å². The average Bonchev–Trinajstić information content (AvgIpc) is 3.29. The van der Waals surface area contributed by atoms with E-state index in [1.54, 1.807) is 6.92 Å². The Morgan fingerprint density at radius 1 is 1.05 bits per heavy atom. The van der Waals surface area contributed by atoms with Crippen LogP contribution in [0.15, 0.2) is 77.8 Å². The second-order valence-corrected chi connectivity index (χ2v) is 11.4. The van der Waals surface area contributed by atoms with Crippen molar-refractivity contribution in [2.24, 2.45) is 17.0 Å². The summed E-state index contributed by atoms with van der Waals surface area (Å²) in [6.07, 6.45) is 11.0. The molecular weight excluding hydrogens is 501 g/mol. The first kappa shape index (κ1) is 27.9. The smallest absolute Gasteiger partial charge is 0.221 e. The minimum atomic E-state index is -0.196. The number of likely N-dealkylation sites (tertiary alicyclic amines) is 1. The number of nitrogens with zero attached hydrogens (tertiary/aromatic N) is 3. The van der Waals surface area contributed by atoms with E-state index in [0.29, 0.717) is 36.9 Å². The lowest BCUT2D eigenvalue weighted by molar-refractivity contribution is -0.120. The molecule has 0 aromatic heterocycles. The molecule has 2 aromatic rings. The molecule has 1 saturated heterocycles. The molecule has 0 N–H and O–H groups in total. The highest BCUT2D eigenvalue weighted by molar-refractivity contribution is 5.88. The molecule has 2 unspecified atom stereocenters. The van der Waals surface area contributed by atoms with Crippen LogP contribution < -0.4 is 0 Å². The lowest BCUT2D eigenvalue weighted by Gasteiger charge is -2.30. The maximum Gasteiger partial charge on any atom is 0.221 e. The molecule has 0 bridgehead atoms. The number of benzene rings is 2. The van der Waals surface area contributed by atoms with Crippen molar-refractivity contribution in [1.82, 2.24) is 9.80 Å². The number of aryl methyl sites for hydroxylation is 1. The third kappa shape index (κ3) is 6.72. The molecule has 3 aliphatic rings. The summed E-state index contributed by atoms with van der Waals surface area (Å²) >= 11 is 0. The summed E-state index contributed by atoms with van der Waals surface area (Å²) in [5, 5.41) is 4.31. The summed E-state index contributed by atoms with van der Waals surface area (Å²) in [6, 6.07) is 15.5. The minimum Gasteiger partial charge on any atom is -0.360 e. The Morgan fingerprint density at radius 3 is 2.67 bits per heavy atom. The Morgan fingerprint density at radius 2 is 1.88 bits per heavy atom. The Labute approximate surface area is 237 Å². The van der Waals surface area contributed by atoms with Crippen LogP contribution in [-0.2, 0) is 9.63 Å². The number of carbonyl (C=O) groups excluding carboxylic acids is 1. The summed E-state index contributed by atoms with van der Waals surface area (Å²) in [5.74, 6) is 1.70. The first-order valence-corrected chi connectivity index (χ1v) is 14.5. The number of hydrogen-bond donors (Lipinski definition) is 0. The van der Waals surface area contributed by atoms with Crippen LogP contribution in [0.3, 0.4) is 0 Å². The molecule has 3 heterocycles. The Bertz CT molecular complexity index is 1340. The van der Waals surface area contributed by atoms with Crippen molar-refractivity contribution in [1.29, 1.82) is 0 Å². The predicted octanol–water partition coefficient (Wildman–Crippen LogP) is 7.21. The van der Waals surface area contributed by atoms with Gasteiger partial charge in [-0.25, -0.2) is 4.39 Å². The van der Waals surface area contributed by atoms with Gasteiger partial charge in [-0.2, -0.15) is 0 Å². The summed E-state index contributed by atoms with van der Waals surface area (Å²) in [7, 11) is 0. The SMILES string of the molecule is CC1=NOC(N2CCCC(CC(=O)CN3CC=C(c4ccc(F)c(C)c4)C=C3c3ccccc3)CC2)=CCC1C. The van der Waals surface area contributed by atoms with Crippen molar-refractivity contribution >= 4 is 22.8 Å². The first-order chi connectivity index (χ1) is 19.4. The van der Waals surface area contributed by atoms with E-state index in [1.807, 2.05) is 37.3 Å². The summed E-state index contributed by atoms with van der Waals surface area (Å²) < 4.78 is 13.9. The van der Waals surface area contributed by atoms with Crippen molar-refractivity contribution < 1.29 is 14.0 Å². The maximum atomic E-state index is 13.9. The maximum absolute atomic E-state index is 13.9. The van der Waals surface area contributed by atoms with Crippen LogP contribution in [0.4, 0.5) is 4.39 Å². The van der Waals surface area contributed by atoms with E-state index in [9.17, 15) is 9.18 Å². The average molecular weight is 542 g/mol. The standard InChI is InChI=1S/C34H40FN3O2/c1-24-11-14-34(40-36-26(24)3)37-17-7-8-27(15-18-37)21-31(39)23-38-19-16-30(29-12-13-32(35)25(2)20-29)22-33(38)28-9-5-4-6-10-28/h4-6,9-10,12-14,16,20,22,24,27H,7-8,11,15,17-19,21,23H2,1-3H3. The van der Waals surface area contributed by atoms with Gasteiger partial charge in [-0.3, -0.25) is 4.79 Å². The number of oxime groups is 1. The van der Waals surface area contributed by atoms with Gasteiger partial charge < -0.3 is 14.6 Å². The van der Waals surface area contributed by atoms with E-state index in [-0.39, 0.29) is 11.6 Å². The third-order valence-electron chi connectivity index (χ3n) is 8.41. The van der Waals surface area contributed by atoms with Crippen molar-refractivity contribution in [2.45, 2.75) is 52.9 Å². The van der Waals surface area contributed by atoms with Gasteiger partial charge in [-0.05, 0) is 92.0 Å². The molecule has 2 atom stereocenters. The van der Waals surface area contributed by atoms with Crippen LogP contribution in [0.25, 0.3) is 11.3 Å². The van der Waals surface area contributed by atoms with Gasteiger partial charge in [0.2, 0.25) is 5.88 Å². The number of Topliss-reactive ketones (excluding diaryl/α,β-unsaturated/α-hetero) is 1. The van der Waals surface area contributed by atoms with Gasteiger partial charge in [0, 0.05) is 37.7 Å². The number of ketones is 1. The van der Waals surface area contributed by atoms with Gasteiger partial charge in [-0.15, -0.1) is 0 Å². The Balaban J connectivity index is 1.23. The highest BCUT2D eigenvalue weighted by Gasteiger charge is 2.25. The fourth-order valence-corrected chi connectivity index (χ4v) is 5.72. The van der Waals surface area contributed by atoms with E-state index in [4.69, 9.17) is 4.84 Å². The fraction of sp³-hybridized carbons (Fsp3) is 0.412. The van der Waals surface area contributed by atoms with Crippen LogP contribution in [0, 0.1) is 24.6 Å². The van der Waals surface area contributed by atoms with Crippen LogP contribution in [0.5, 0.6) is 0 Å². The molecule has 1 fully saturated rings. The van der Waals surface area contributed by atoms with Crippen molar-refractivity contribution in [2.75, 3.05) is 26.2 Å². The second-order valence-electron chi connectivity index (χ2n) is 11.4. The predicted molar refractivity (Wildman–Crippen MR) is 160 cm³/mol. The molecule has 0 saturated carbocycles. The molecule has 0 amide bonds. The summed E-state index contributed by atoms with van der Waals surface area (Å²) in [4.78, 5) is 23.6. The van der Waals surface area contributed by atoms with E-state index in [2.05, 4.69) is 52.2 Å². The van der Waals surface area contributed by atoms with E-state index < -0.39 is 0 Å². The van der Waals surface area contributed by atoms with Gasteiger partial charge in [0.1, 0.15) is 5.82 Å². The van der Waals surface area contributed by atoms with Crippen LogP contribution in [0.1, 0.15) is 62.6 Å². The molecule has 5 rings (SSSR count). The van der Waals surface area contributed by atoms with Gasteiger partial charge >= 0.3 is 0 Å². The molecule has 5 nitrogen and oxygen atoms in total. The largest absolute Gasteiger partial charge is 0.360 e. The third-order valence-corrected chi connectivity index (χ3v) is 8.41. The molecule has 2 aromatic carbocycles. The first-order valence-electron chi connectivity index (χ1n) is 14.5. The van der Waals surface area contributed by atoms with E-state index >= 15 is 0 Å². The van der Waals surface area contributed by atoms with Gasteiger partial charge in [-0.1, -0.05) is 54.6 Å². The topological polar surface area (TPSA) is 45.1 Å². The Hall–Kier alpha value is -3.67. The molecule has 40 heavy (non-hydrogen) atoms. The lowest BCUT2D eigenvalue weighted by Crippen LogP contribution is -2.31. The highest BCUT2D eigenvalue weighted by Crippen LogP contribution is 2.31. The van der Waals surface area contributed by atoms with Crippen molar-refractivity contribution in [3.05, 3.63) is 95.1 Å². The highest BCUT2D eigenvalue weighted by atomic mass is 19.1. The van der Waals surface area contributed by atoms with Crippen molar-refractivity contribution in [3.8, 4) is 0 Å². The molecule has 6 heteroatoms. The zero-order chi connectivity index (χ0) is 28.1. The monoisotopic (exact) mass is 541 g/mol. The van der Waals surface area contributed by atoms with Gasteiger partial charge in [0.15, 0.2) is 5.78 Å². The van der Waals surface area contributed by atoms with Gasteiger partial charge in [0.05, 0.1) is 12.3 Å². The lowest BCUT2D eigenvalue weighted by atomic mass is 9.93. The number of allylic oxidation sites excluding steroid dienone is 3. The number of rotatable bonds is 7. The van der Waals surface area contributed by atoms with Crippen molar-refractivity contribution in [3.63, 3.8) is 0 Å². The minimum absolute atomic E-state index is 0.196.